The molecular formula is C18H18ClN3O. The van der Waals surface area contributed by atoms with E-state index in [0.29, 0.717) is 18.0 Å². The van der Waals surface area contributed by atoms with E-state index in [9.17, 15) is 4.79 Å². The molecule has 1 amide bonds. The number of aryl methyl sites for hydroxylation is 2. The molecule has 0 spiro atoms. The molecule has 3 aromatic rings. The summed E-state index contributed by atoms with van der Waals surface area (Å²) < 4.78 is 1.86. The summed E-state index contributed by atoms with van der Waals surface area (Å²) in [6.45, 7) is 2.48. The van der Waals surface area contributed by atoms with Crippen molar-refractivity contribution in [1.82, 2.24) is 14.7 Å². The van der Waals surface area contributed by atoms with E-state index < -0.39 is 0 Å². The Morgan fingerprint density at radius 1 is 1.26 bits per heavy atom. The number of fused-ring (bicyclic) bond motifs is 1. The van der Waals surface area contributed by atoms with E-state index in [1.54, 1.807) is 12.3 Å². The molecule has 2 aromatic heterocycles. The van der Waals surface area contributed by atoms with Crippen LogP contribution in [-0.2, 0) is 17.8 Å². The zero-order valence-electron chi connectivity index (χ0n) is 12.9. The predicted octanol–water partition coefficient (Wildman–Crippen LogP) is 3.55. The molecule has 1 aromatic carbocycles. The first-order valence-electron chi connectivity index (χ1n) is 7.55. The van der Waals surface area contributed by atoms with Gasteiger partial charge in [0.1, 0.15) is 5.65 Å². The fourth-order valence-corrected chi connectivity index (χ4v) is 2.67. The van der Waals surface area contributed by atoms with Crippen LogP contribution in [0.15, 0.2) is 48.8 Å². The summed E-state index contributed by atoms with van der Waals surface area (Å²) in [4.78, 5) is 16.4. The largest absolute Gasteiger partial charge is 0.350 e. The molecule has 1 N–H and O–H groups in total. The Balaban J connectivity index is 1.53. The van der Waals surface area contributed by atoms with Crippen LogP contribution >= 0.6 is 11.6 Å². The van der Waals surface area contributed by atoms with Gasteiger partial charge >= 0.3 is 0 Å². The number of hydrogen-bond acceptors (Lipinski definition) is 2. The number of aromatic nitrogens is 2. The molecule has 0 radical (unpaired) electrons. The molecule has 0 aliphatic carbocycles. The fraction of sp³-hybridized carbons (Fsp3) is 0.222. The average Bonchev–Trinajstić information content (AvgIpc) is 2.93. The topological polar surface area (TPSA) is 46.4 Å². The van der Waals surface area contributed by atoms with E-state index >= 15 is 0 Å². The summed E-state index contributed by atoms with van der Waals surface area (Å²) in [6, 6.07) is 11.9. The molecule has 23 heavy (non-hydrogen) atoms. The van der Waals surface area contributed by atoms with Crippen molar-refractivity contribution in [1.29, 1.82) is 0 Å². The average molecular weight is 328 g/mol. The van der Waals surface area contributed by atoms with Gasteiger partial charge in [-0.3, -0.25) is 4.79 Å². The van der Waals surface area contributed by atoms with Crippen LogP contribution < -0.4 is 5.32 Å². The van der Waals surface area contributed by atoms with Gasteiger partial charge < -0.3 is 9.72 Å². The van der Waals surface area contributed by atoms with Crippen LogP contribution in [-0.4, -0.2) is 15.3 Å². The number of halogens is 1. The monoisotopic (exact) mass is 327 g/mol. The number of imidazole rings is 1. The van der Waals surface area contributed by atoms with E-state index in [-0.39, 0.29) is 5.91 Å². The number of carbonyl (C=O) groups excluding carboxylic acids is 1. The number of amides is 1. The maximum atomic E-state index is 12.0. The van der Waals surface area contributed by atoms with Gasteiger partial charge in [-0.1, -0.05) is 41.4 Å². The normalized spacial score (nSPS) is 10.9. The van der Waals surface area contributed by atoms with E-state index in [2.05, 4.69) is 29.4 Å². The van der Waals surface area contributed by atoms with Crippen LogP contribution in [0.25, 0.3) is 5.65 Å². The highest BCUT2D eigenvalue weighted by Gasteiger charge is 2.06. The molecule has 0 saturated heterocycles. The second-order valence-corrected chi connectivity index (χ2v) is 6.05. The number of nitrogens with zero attached hydrogens (tertiary/aromatic N) is 2. The fourth-order valence-electron chi connectivity index (χ4n) is 2.51. The third-order valence-electron chi connectivity index (χ3n) is 3.65. The van der Waals surface area contributed by atoms with Crippen LogP contribution in [0.3, 0.4) is 0 Å². The summed E-state index contributed by atoms with van der Waals surface area (Å²) >= 11 is 5.95. The molecular weight excluding hydrogens is 310 g/mol. The first-order valence-corrected chi connectivity index (χ1v) is 7.93. The van der Waals surface area contributed by atoms with Gasteiger partial charge in [0.2, 0.25) is 5.91 Å². The minimum Gasteiger partial charge on any atom is -0.350 e. The molecule has 0 saturated carbocycles. The first-order chi connectivity index (χ1) is 11.1. The van der Waals surface area contributed by atoms with Crippen LogP contribution in [0.1, 0.15) is 23.2 Å². The molecule has 0 atom stereocenters. The van der Waals surface area contributed by atoms with Crippen molar-refractivity contribution in [2.45, 2.75) is 26.3 Å². The summed E-state index contributed by atoms with van der Waals surface area (Å²) in [5.74, 6) is 0.0293. The van der Waals surface area contributed by atoms with Gasteiger partial charge in [-0.15, -0.1) is 0 Å². The Bertz CT molecular complexity index is 841. The van der Waals surface area contributed by atoms with Gasteiger partial charge in [0.15, 0.2) is 0 Å². The molecule has 118 valence electrons. The lowest BCUT2D eigenvalue weighted by Gasteiger charge is -2.04. The van der Waals surface area contributed by atoms with Crippen molar-refractivity contribution in [3.8, 4) is 0 Å². The van der Waals surface area contributed by atoms with Crippen molar-refractivity contribution in [2.24, 2.45) is 0 Å². The van der Waals surface area contributed by atoms with Crippen LogP contribution in [0.4, 0.5) is 0 Å². The summed E-state index contributed by atoms with van der Waals surface area (Å²) in [7, 11) is 0. The number of hydrogen-bond donors (Lipinski definition) is 1. The van der Waals surface area contributed by atoms with Gasteiger partial charge in [0.05, 0.1) is 17.3 Å². The van der Waals surface area contributed by atoms with Crippen LogP contribution in [0, 0.1) is 6.92 Å². The van der Waals surface area contributed by atoms with Gasteiger partial charge in [-0.05, 0) is 31.0 Å². The van der Waals surface area contributed by atoms with Crippen molar-refractivity contribution in [3.05, 3.63) is 70.6 Å². The quantitative estimate of drug-likeness (QED) is 0.779. The predicted molar refractivity (Wildman–Crippen MR) is 91.5 cm³/mol. The van der Waals surface area contributed by atoms with Crippen LogP contribution in [0.5, 0.6) is 0 Å². The summed E-state index contributed by atoms with van der Waals surface area (Å²) in [5.41, 5.74) is 4.03. The molecule has 2 heterocycles. The van der Waals surface area contributed by atoms with Gasteiger partial charge in [0, 0.05) is 18.8 Å². The van der Waals surface area contributed by atoms with Gasteiger partial charge in [0.25, 0.3) is 0 Å². The first kappa shape index (κ1) is 15.6. The lowest BCUT2D eigenvalue weighted by Crippen LogP contribution is -2.23. The number of pyridine rings is 1. The second-order valence-electron chi connectivity index (χ2n) is 5.61. The number of nitrogens with one attached hydrogen (secondary N) is 1. The molecule has 0 bridgehead atoms. The maximum Gasteiger partial charge on any atom is 0.220 e. The Kier molecular flexibility index (Phi) is 4.63. The number of benzene rings is 1. The zero-order chi connectivity index (χ0) is 16.2. The lowest BCUT2D eigenvalue weighted by molar-refractivity contribution is -0.121. The van der Waals surface area contributed by atoms with E-state index in [1.807, 2.05) is 28.8 Å². The zero-order valence-corrected chi connectivity index (χ0v) is 13.7. The smallest absolute Gasteiger partial charge is 0.220 e. The maximum absolute atomic E-state index is 12.0. The molecule has 3 rings (SSSR count). The van der Waals surface area contributed by atoms with Crippen LogP contribution in [0.2, 0.25) is 5.02 Å². The Morgan fingerprint density at radius 2 is 2.13 bits per heavy atom. The van der Waals surface area contributed by atoms with E-state index in [1.165, 1.54) is 11.1 Å². The third-order valence-corrected chi connectivity index (χ3v) is 3.88. The molecule has 0 fully saturated rings. The minimum atomic E-state index is 0.0293. The summed E-state index contributed by atoms with van der Waals surface area (Å²) in [5, 5.41) is 3.57. The minimum absolute atomic E-state index is 0.0293. The SMILES string of the molecule is Cc1cccc(CCC(=O)NCc2cn3cc(Cl)ccc3n2)c1. The third kappa shape index (κ3) is 4.11. The summed E-state index contributed by atoms with van der Waals surface area (Å²) in [6.07, 6.45) is 4.89. The van der Waals surface area contributed by atoms with Crippen molar-refractivity contribution >= 4 is 23.2 Å². The number of rotatable bonds is 5. The Morgan fingerprint density at radius 3 is 2.96 bits per heavy atom. The molecule has 0 aliphatic rings. The van der Waals surface area contributed by atoms with E-state index in [4.69, 9.17) is 11.6 Å². The highest BCUT2D eigenvalue weighted by molar-refractivity contribution is 6.30. The molecule has 0 aliphatic heterocycles. The molecule has 0 unspecified atom stereocenters. The van der Waals surface area contributed by atoms with Crippen molar-refractivity contribution in [3.63, 3.8) is 0 Å². The van der Waals surface area contributed by atoms with Gasteiger partial charge in [-0.2, -0.15) is 0 Å². The lowest BCUT2D eigenvalue weighted by atomic mass is 10.1. The van der Waals surface area contributed by atoms with Gasteiger partial charge in [-0.25, -0.2) is 4.98 Å². The Labute approximate surface area is 140 Å². The van der Waals surface area contributed by atoms with E-state index in [0.717, 1.165) is 17.8 Å². The Hall–Kier alpha value is -2.33. The molecule has 5 heteroatoms. The second kappa shape index (κ2) is 6.84. The number of carbonyl (C=O) groups is 1. The molecule has 4 nitrogen and oxygen atoms in total. The highest BCUT2D eigenvalue weighted by atomic mass is 35.5. The standard InChI is InChI=1S/C18H18ClN3O/c1-13-3-2-4-14(9-13)5-8-18(23)20-10-16-12-22-11-15(19)6-7-17(22)21-16/h2-4,6-7,9,11-12H,5,8,10H2,1H3,(H,20,23). The van der Waals surface area contributed by atoms with Crippen molar-refractivity contribution < 1.29 is 4.79 Å². The highest BCUT2D eigenvalue weighted by Crippen LogP contribution is 2.12. The van der Waals surface area contributed by atoms with Crippen molar-refractivity contribution in [2.75, 3.05) is 0 Å².